The van der Waals surface area contributed by atoms with Crippen molar-refractivity contribution in [2.45, 2.75) is 13.0 Å². The third-order valence-electron chi connectivity index (χ3n) is 3.15. The molecular formula is C13H18ClN3O. The Hall–Kier alpha value is -1.26. The van der Waals surface area contributed by atoms with Gasteiger partial charge in [0.1, 0.15) is 0 Å². The second kappa shape index (κ2) is 6.07. The summed E-state index contributed by atoms with van der Waals surface area (Å²) in [5.41, 5.74) is 1.20. The van der Waals surface area contributed by atoms with Crippen molar-refractivity contribution < 1.29 is 4.79 Å². The SMILES string of the molecule is C[C@H](NCCN1CCNC1=O)c1ccc(Cl)cc1. The van der Waals surface area contributed by atoms with Crippen LogP contribution in [0.3, 0.4) is 0 Å². The molecule has 5 heteroatoms. The Morgan fingerprint density at radius 3 is 2.78 bits per heavy atom. The first-order valence-electron chi connectivity index (χ1n) is 6.18. The van der Waals surface area contributed by atoms with Gasteiger partial charge in [0.15, 0.2) is 0 Å². The Morgan fingerprint density at radius 1 is 1.44 bits per heavy atom. The van der Waals surface area contributed by atoms with Crippen molar-refractivity contribution in [2.24, 2.45) is 0 Å². The third-order valence-corrected chi connectivity index (χ3v) is 3.40. The molecule has 98 valence electrons. The molecule has 0 aromatic heterocycles. The molecule has 2 rings (SSSR count). The van der Waals surface area contributed by atoms with Gasteiger partial charge in [-0.15, -0.1) is 0 Å². The van der Waals surface area contributed by atoms with Crippen LogP contribution < -0.4 is 10.6 Å². The lowest BCUT2D eigenvalue weighted by Crippen LogP contribution is -2.35. The zero-order chi connectivity index (χ0) is 13.0. The number of rotatable bonds is 5. The summed E-state index contributed by atoms with van der Waals surface area (Å²) in [6.45, 7) is 5.19. The molecule has 1 saturated heterocycles. The molecule has 2 N–H and O–H groups in total. The van der Waals surface area contributed by atoms with E-state index in [0.29, 0.717) is 0 Å². The van der Waals surface area contributed by atoms with Crippen LogP contribution in [0.4, 0.5) is 4.79 Å². The zero-order valence-corrected chi connectivity index (χ0v) is 11.2. The van der Waals surface area contributed by atoms with Gasteiger partial charge < -0.3 is 15.5 Å². The van der Waals surface area contributed by atoms with Gasteiger partial charge in [-0.25, -0.2) is 4.79 Å². The molecule has 1 aromatic carbocycles. The van der Waals surface area contributed by atoms with Gasteiger partial charge in [-0.05, 0) is 24.6 Å². The Labute approximate surface area is 112 Å². The Bertz CT molecular complexity index is 407. The summed E-state index contributed by atoms with van der Waals surface area (Å²) >= 11 is 5.85. The van der Waals surface area contributed by atoms with E-state index in [1.54, 1.807) is 0 Å². The van der Waals surface area contributed by atoms with Gasteiger partial charge in [-0.2, -0.15) is 0 Å². The molecule has 18 heavy (non-hydrogen) atoms. The smallest absolute Gasteiger partial charge is 0.317 e. The molecule has 0 bridgehead atoms. The van der Waals surface area contributed by atoms with Crippen LogP contribution in [0.15, 0.2) is 24.3 Å². The number of hydrogen-bond donors (Lipinski definition) is 2. The minimum Gasteiger partial charge on any atom is -0.336 e. The number of carbonyl (C=O) groups is 1. The van der Waals surface area contributed by atoms with Gasteiger partial charge in [-0.1, -0.05) is 23.7 Å². The van der Waals surface area contributed by atoms with E-state index in [0.717, 1.165) is 31.2 Å². The maximum absolute atomic E-state index is 11.3. The van der Waals surface area contributed by atoms with Gasteiger partial charge >= 0.3 is 6.03 Å². The number of carbonyl (C=O) groups excluding carboxylic acids is 1. The van der Waals surface area contributed by atoms with Crippen LogP contribution in [0.25, 0.3) is 0 Å². The van der Waals surface area contributed by atoms with Crippen molar-refractivity contribution in [1.29, 1.82) is 0 Å². The third kappa shape index (κ3) is 3.37. The molecule has 1 heterocycles. The van der Waals surface area contributed by atoms with Crippen LogP contribution in [0.5, 0.6) is 0 Å². The van der Waals surface area contributed by atoms with Crippen LogP contribution in [-0.2, 0) is 0 Å². The number of hydrogen-bond acceptors (Lipinski definition) is 2. The second-order valence-electron chi connectivity index (χ2n) is 4.45. The van der Waals surface area contributed by atoms with E-state index in [1.807, 2.05) is 29.2 Å². The molecule has 1 aliphatic heterocycles. The molecule has 4 nitrogen and oxygen atoms in total. The number of nitrogens with zero attached hydrogens (tertiary/aromatic N) is 1. The zero-order valence-electron chi connectivity index (χ0n) is 10.4. The summed E-state index contributed by atoms with van der Waals surface area (Å²) < 4.78 is 0. The summed E-state index contributed by atoms with van der Waals surface area (Å²) in [4.78, 5) is 13.2. The Morgan fingerprint density at radius 2 is 2.17 bits per heavy atom. The van der Waals surface area contributed by atoms with Gasteiger partial charge in [-0.3, -0.25) is 0 Å². The molecule has 0 saturated carbocycles. The summed E-state index contributed by atoms with van der Waals surface area (Å²) in [6, 6.07) is 8.11. The van der Waals surface area contributed by atoms with E-state index in [2.05, 4.69) is 17.6 Å². The summed E-state index contributed by atoms with van der Waals surface area (Å²) in [6.07, 6.45) is 0. The fourth-order valence-corrected chi connectivity index (χ4v) is 2.14. The number of urea groups is 1. The molecule has 2 amide bonds. The average molecular weight is 268 g/mol. The fourth-order valence-electron chi connectivity index (χ4n) is 2.01. The lowest BCUT2D eigenvalue weighted by molar-refractivity contribution is 0.217. The maximum atomic E-state index is 11.3. The lowest BCUT2D eigenvalue weighted by atomic mass is 10.1. The van der Waals surface area contributed by atoms with Gasteiger partial charge in [0.05, 0.1) is 0 Å². The molecule has 0 spiro atoms. The normalized spacial score (nSPS) is 16.8. The largest absolute Gasteiger partial charge is 0.336 e. The molecule has 0 unspecified atom stereocenters. The molecule has 1 fully saturated rings. The van der Waals surface area contributed by atoms with Crippen molar-refractivity contribution in [1.82, 2.24) is 15.5 Å². The first-order valence-corrected chi connectivity index (χ1v) is 6.56. The fraction of sp³-hybridized carbons (Fsp3) is 0.462. The Kier molecular flexibility index (Phi) is 4.44. The highest BCUT2D eigenvalue weighted by molar-refractivity contribution is 6.30. The second-order valence-corrected chi connectivity index (χ2v) is 4.88. The van der Waals surface area contributed by atoms with E-state index in [4.69, 9.17) is 11.6 Å². The van der Waals surface area contributed by atoms with E-state index in [1.165, 1.54) is 5.56 Å². The first-order chi connectivity index (χ1) is 8.66. The first kappa shape index (κ1) is 13.2. The number of amides is 2. The van der Waals surface area contributed by atoms with Gasteiger partial charge in [0.2, 0.25) is 0 Å². The van der Waals surface area contributed by atoms with Gasteiger partial charge in [0, 0.05) is 37.2 Å². The highest BCUT2D eigenvalue weighted by Gasteiger charge is 2.18. The van der Waals surface area contributed by atoms with Crippen molar-refractivity contribution in [3.63, 3.8) is 0 Å². The van der Waals surface area contributed by atoms with Crippen molar-refractivity contribution in [3.8, 4) is 0 Å². The molecule has 1 atom stereocenters. The number of benzene rings is 1. The number of halogens is 1. The van der Waals surface area contributed by atoms with Crippen molar-refractivity contribution >= 4 is 17.6 Å². The standard InChI is InChI=1S/C13H18ClN3O/c1-10(11-2-4-12(14)5-3-11)15-6-8-17-9-7-16-13(17)18/h2-5,10,15H,6-9H2,1H3,(H,16,18)/t10-/m0/s1. The molecule has 1 aromatic rings. The summed E-state index contributed by atoms with van der Waals surface area (Å²) in [5, 5.41) is 6.94. The van der Waals surface area contributed by atoms with Crippen LogP contribution in [-0.4, -0.2) is 37.1 Å². The molecule has 1 aliphatic rings. The van der Waals surface area contributed by atoms with E-state index in [9.17, 15) is 4.79 Å². The van der Waals surface area contributed by atoms with Crippen LogP contribution in [0.2, 0.25) is 5.02 Å². The topological polar surface area (TPSA) is 44.4 Å². The van der Waals surface area contributed by atoms with Crippen molar-refractivity contribution in [3.05, 3.63) is 34.9 Å². The minimum absolute atomic E-state index is 0.0379. The quantitative estimate of drug-likeness (QED) is 0.857. The van der Waals surface area contributed by atoms with E-state index in [-0.39, 0.29) is 12.1 Å². The van der Waals surface area contributed by atoms with Crippen LogP contribution in [0, 0.1) is 0 Å². The molecule has 0 aliphatic carbocycles. The lowest BCUT2D eigenvalue weighted by Gasteiger charge is -2.18. The number of nitrogens with one attached hydrogen (secondary N) is 2. The van der Waals surface area contributed by atoms with Gasteiger partial charge in [0.25, 0.3) is 0 Å². The monoisotopic (exact) mass is 267 g/mol. The summed E-state index contributed by atoms with van der Waals surface area (Å²) in [7, 11) is 0. The predicted molar refractivity (Wildman–Crippen MR) is 72.8 cm³/mol. The highest BCUT2D eigenvalue weighted by Crippen LogP contribution is 2.15. The van der Waals surface area contributed by atoms with Crippen LogP contribution >= 0.6 is 11.6 Å². The van der Waals surface area contributed by atoms with Crippen LogP contribution in [0.1, 0.15) is 18.5 Å². The maximum Gasteiger partial charge on any atom is 0.317 e. The van der Waals surface area contributed by atoms with Crippen molar-refractivity contribution in [2.75, 3.05) is 26.2 Å². The molecule has 0 radical (unpaired) electrons. The highest BCUT2D eigenvalue weighted by atomic mass is 35.5. The predicted octanol–water partition coefficient (Wildman–Crippen LogP) is 2.02. The average Bonchev–Trinajstić information content (AvgIpc) is 2.76. The Balaban J connectivity index is 1.76. The van der Waals surface area contributed by atoms with E-state index >= 15 is 0 Å². The van der Waals surface area contributed by atoms with E-state index < -0.39 is 0 Å². The minimum atomic E-state index is 0.0379. The molecular weight excluding hydrogens is 250 g/mol. The summed E-state index contributed by atoms with van der Waals surface area (Å²) in [5.74, 6) is 0.